The number of nitrogen functional groups attached to an aromatic ring is 1. The molecule has 1 aliphatic rings. The minimum absolute atomic E-state index is 0.143. The van der Waals surface area contributed by atoms with Gasteiger partial charge >= 0.3 is 6.01 Å². The van der Waals surface area contributed by atoms with Crippen LogP contribution in [0, 0.1) is 0 Å². The second-order valence-electron chi connectivity index (χ2n) is 6.78. The fourth-order valence-electron chi connectivity index (χ4n) is 2.99. The maximum atomic E-state index is 6.27. The topological polar surface area (TPSA) is 127 Å². The van der Waals surface area contributed by atoms with Gasteiger partial charge in [0.15, 0.2) is 17.3 Å². The minimum atomic E-state index is 0.143. The van der Waals surface area contributed by atoms with Crippen molar-refractivity contribution in [2.24, 2.45) is 0 Å². The van der Waals surface area contributed by atoms with Gasteiger partial charge in [0.1, 0.15) is 13.2 Å². The van der Waals surface area contributed by atoms with Crippen LogP contribution in [0.2, 0.25) is 0 Å². The fraction of sp³-hybridized carbons (Fsp3) is 0.333. The summed E-state index contributed by atoms with van der Waals surface area (Å²) in [5.74, 6) is 1.96. The van der Waals surface area contributed by atoms with E-state index in [0.29, 0.717) is 43.8 Å². The van der Waals surface area contributed by atoms with E-state index < -0.39 is 0 Å². The number of para-hydroxylation sites is 2. The standard InChI is InChI=1S/C21H23BrN6O5/c1-29-15-4-2-3-5-16(15)33-17-18(23)26-20(28-6-8-30-9-7-28)27-19(17)31-10-11-32-21-24-12-14(22)13-25-21/h2-5,12-13H,6-11H2,1H3,(H2,23,26,27). The molecule has 1 aromatic carbocycles. The molecule has 0 radical (unpaired) electrons. The van der Waals surface area contributed by atoms with E-state index in [4.69, 9.17) is 29.4 Å². The lowest BCUT2D eigenvalue weighted by molar-refractivity contribution is 0.122. The lowest BCUT2D eigenvalue weighted by Crippen LogP contribution is -2.37. The predicted molar refractivity (Wildman–Crippen MR) is 123 cm³/mol. The number of nitrogens with zero attached hydrogens (tertiary/aromatic N) is 5. The Balaban J connectivity index is 1.54. The summed E-state index contributed by atoms with van der Waals surface area (Å²) < 4.78 is 29.0. The Labute approximate surface area is 199 Å². The van der Waals surface area contributed by atoms with Gasteiger partial charge < -0.3 is 34.3 Å². The molecule has 0 amide bonds. The molecule has 0 bridgehead atoms. The van der Waals surface area contributed by atoms with Crippen molar-refractivity contribution in [3.63, 3.8) is 0 Å². The average Bonchev–Trinajstić information content (AvgIpc) is 2.85. The van der Waals surface area contributed by atoms with E-state index in [1.807, 2.05) is 17.0 Å². The van der Waals surface area contributed by atoms with Crippen molar-refractivity contribution in [1.82, 2.24) is 19.9 Å². The zero-order valence-corrected chi connectivity index (χ0v) is 19.5. The summed E-state index contributed by atoms with van der Waals surface area (Å²) in [7, 11) is 1.56. The van der Waals surface area contributed by atoms with E-state index in [2.05, 4.69) is 35.9 Å². The Hall–Kier alpha value is -3.38. The molecule has 0 spiro atoms. The number of rotatable bonds is 9. The number of aromatic nitrogens is 4. The zero-order chi connectivity index (χ0) is 23.0. The summed E-state index contributed by atoms with van der Waals surface area (Å²) in [6.45, 7) is 2.80. The number of morpholine rings is 1. The van der Waals surface area contributed by atoms with Gasteiger partial charge in [0.2, 0.25) is 11.7 Å². The van der Waals surface area contributed by atoms with Crippen LogP contribution in [0.25, 0.3) is 0 Å². The zero-order valence-electron chi connectivity index (χ0n) is 17.9. The molecular weight excluding hydrogens is 496 g/mol. The summed E-state index contributed by atoms with van der Waals surface area (Å²) in [6, 6.07) is 7.44. The number of benzene rings is 1. The van der Waals surface area contributed by atoms with E-state index in [-0.39, 0.29) is 36.7 Å². The highest BCUT2D eigenvalue weighted by atomic mass is 79.9. The third-order valence-corrected chi connectivity index (χ3v) is 4.98. The first-order chi connectivity index (χ1) is 16.1. The highest BCUT2D eigenvalue weighted by Crippen LogP contribution is 2.39. The monoisotopic (exact) mass is 518 g/mol. The summed E-state index contributed by atoms with van der Waals surface area (Å²) in [4.78, 5) is 19.1. The van der Waals surface area contributed by atoms with E-state index in [1.165, 1.54) is 0 Å². The SMILES string of the molecule is COc1ccccc1Oc1c(N)nc(N2CCOCC2)nc1OCCOc1ncc(Br)cn1. The molecule has 3 aromatic rings. The number of hydrogen-bond acceptors (Lipinski definition) is 11. The predicted octanol–water partition coefficient (Wildman–Crippen LogP) is 2.71. The summed E-state index contributed by atoms with van der Waals surface area (Å²) in [5, 5.41) is 0. The van der Waals surface area contributed by atoms with E-state index >= 15 is 0 Å². The number of anilines is 2. The molecule has 2 aromatic heterocycles. The first kappa shape index (κ1) is 22.8. The fourth-order valence-corrected chi connectivity index (χ4v) is 3.20. The van der Waals surface area contributed by atoms with Crippen LogP contribution in [0.1, 0.15) is 0 Å². The van der Waals surface area contributed by atoms with Gasteiger partial charge in [0, 0.05) is 25.5 Å². The van der Waals surface area contributed by atoms with Crippen LogP contribution in [-0.4, -0.2) is 66.6 Å². The third kappa shape index (κ3) is 5.90. The van der Waals surface area contributed by atoms with Gasteiger partial charge in [-0.3, -0.25) is 0 Å². The van der Waals surface area contributed by atoms with Crippen molar-refractivity contribution >= 4 is 27.7 Å². The van der Waals surface area contributed by atoms with Gasteiger partial charge in [-0.15, -0.1) is 0 Å². The molecule has 3 heterocycles. The summed E-state index contributed by atoms with van der Waals surface area (Å²) in [5.41, 5.74) is 6.27. The van der Waals surface area contributed by atoms with Crippen molar-refractivity contribution in [2.45, 2.75) is 0 Å². The Bertz CT molecular complexity index is 1070. The highest BCUT2D eigenvalue weighted by Gasteiger charge is 2.22. The molecule has 0 atom stereocenters. The van der Waals surface area contributed by atoms with Gasteiger partial charge in [-0.05, 0) is 28.1 Å². The second-order valence-corrected chi connectivity index (χ2v) is 7.69. The first-order valence-corrected chi connectivity index (χ1v) is 11.0. The van der Waals surface area contributed by atoms with Crippen molar-refractivity contribution in [1.29, 1.82) is 0 Å². The molecule has 4 rings (SSSR count). The third-order valence-electron chi connectivity index (χ3n) is 4.57. The van der Waals surface area contributed by atoms with Gasteiger partial charge in [-0.25, -0.2) is 9.97 Å². The van der Waals surface area contributed by atoms with Crippen molar-refractivity contribution in [2.75, 3.05) is 57.3 Å². The molecule has 1 fully saturated rings. The molecule has 0 aliphatic carbocycles. The van der Waals surface area contributed by atoms with Crippen molar-refractivity contribution < 1.29 is 23.7 Å². The number of hydrogen-bond donors (Lipinski definition) is 1. The smallest absolute Gasteiger partial charge is 0.316 e. The number of ether oxygens (including phenoxy) is 5. The quantitative estimate of drug-likeness (QED) is 0.419. The van der Waals surface area contributed by atoms with Crippen LogP contribution >= 0.6 is 15.9 Å². The second kappa shape index (κ2) is 11.0. The molecular formula is C21H23BrN6O5. The summed E-state index contributed by atoms with van der Waals surface area (Å²) >= 11 is 3.28. The van der Waals surface area contributed by atoms with Crippen molar-refractivity contribution in [3.05, 3.63) is 41.1 Å². The minimum Gasteiger partial charge on any atom is -0.493 e. The maximum Gasteiger partial charge on any atom is 0.316 e. The average molecular weight is 519 g/mol. The molecule has 33 heavy (non-hydrogen) atoms. The Kier molecular flexibility index (Phi) is 7.58. The van der Waals surface area contributed by atoms with Crippen molar-refractivity contribution in [3.8, 4) is 29.1 Å². The normalized spacial score (nSPS) is 13.5. The van der Waals surface area contributed by atoms with Crippen LogP contribution in [0.3, 0.4) is 0 Å². The number of halogens is 1. The van der Waals surface area contributed by atoms with Crippen LogP contribution in [0.4, 0.5) is 11.8 Å². The molecule has 1 aliphatic heterocycles. The lowest BCUT2D eigenvalue weighted by atomic mass is 10.3. The molecule has 11 nitrogen and oxygen atoms in total. The maximum absolute atomic E-state index is 6.27. The van der Waals surface area contributed by atoms with Gasteiger partial charge in [0.25, 0.3) is 5.88 Å². The highest BCUT2D eigenvalue weighted by molar-refractivity contribution is 9.10. The van der Waals surface area contributed by atoms with Crippen LogP contribution < -0.4 is 29.6 Å². The number of nitrogens with two attached hydrogens (primary N) is 1. The largest absolute Gasteiger partial charge is 0.493 e. The van der Waals surface area contributed by atoms with E-state index in [1.54, 1.807) is 31.6 Å². The molecule has 0 saturated carbocycles. The molecule has 0 unspecified atom stereocenters. The number of methoxy groups -OCH3 is 1. The Morgan fingerprint density at radius 3 is 2.45 bits per heavy atom. The molecule has 2 N–H and O–H groups in total. The van der Waals surface area contributed by atoms with Crippen LogP contribution in [0.5, 0.6) is 29.1 Å². The molecule has 1 saturated heterocycles. The van der Waals surface area contributed by atoms with E-state index in [9.17, 15) is 0 Å². The van der Waals surface area contributed by atoms with Gasteiger partial charge in [0.05, 0.1) is 24.8 Å². The lowest BCUT2D eigenvalue weighted by Gasteiger charge is -2.27. The summed E-state index contributed by atoms with van der Waals surface area (Å²) in [6.07, 6.45) is 3.20. The molecule has 12 heteroatoms. The van der Waals surface area contributed by atoms with Gasteiger partial charge in [-0.2, -0.15) is 9.97 Å². The Morgan fingerprint density at radius 1 is 1.03 bits per heavy atom. The Morgan fingerprint density at radius 2 is 1.73 bits per heavy atom. The van der Waals surface area contributed by atoms with E-state index in [0.717, 1.165) is 4.47 Å². The first-order valence-electron chi connectivity index (χ1n) is 10.2. The van der Waals surface area contributed by atoms with Gasteiger partial charge in [-0.1, -0.05) is 12.1 Å². The van der Waals surface area contributed by atoms with Crippen LogP contribution in [0.15, 0.2) is 41.1 Å². The molecule has 174 valence electrons. The van der Waals surface area contributed by atoms with Crippen LogP contribution in [-0.2, 0) is 4.74 Å².